The Morgan fingerprint density at radius 3 is 2.10 bits per heavy atom. The molecule has 3 aromatic rings. The highest BCUT2D eigenvalue weighted by atomic mass is 35.5. The Bertz CT molecular complexity index is 1070. The number of phenols is 1. The maximum atomic E-state index is 9.69. The van der Waals surface area contributed by atoms with Crippen LogP contribution in [0.1, 0.15) is 18.1 Å². The molecule has 9 heteroatoms. The van der Waals surface area contributed by atoms with Crippen molar-refractivity contribution in [1.82, 2.24) is 0 Å². The van der Waals surface area contributed by atoms with E-state index < -0.39 is 0 Å². The number of benzene rings is 3. The fraction of sp³-hybridized carbons (Fsp3) is 0.182. The standard InChI is InChI=1S/C22H18Cl5NO3/c1-2-30-20-6-13(10-28-14-7-18(26)22(29)19(27)8-14)16(24)9-21(20)31-11-12-3-4-15(23)17(25)5-12/h3-9,28-29H,2,10-11H2,1H3. The molecular weight excluding hydrogens is 504 g/mol. The average molecular weight is 522 g/mol. The van der Waals surface area contributed by atoms with E-state index in [4.69, 9.17) is 67.5 Å². The number of halogens is 5. The highest BCUT2D eigenvalue weighted by Crippen LogP contribution is 2.37. The first-order chi connectivity index (χ1) is 14.8. The van der Waals surface area contributed by atoms with Gasteiger partial charge in [0.25, 0.3) is 0 Å². The van der Waals surface area contributed by atoms with Crippen LogP contribution in [0.4, 0.5) is 5.69 Å². The lowest BCUT2D eigenvalue weighted by atomic mass is 10.2. The predicted molar refractivity (Wildman–Crippen MR) is 129 cm³/mol. The first kappa shape index (κ1) is 24.0. The third-order valence-corrected chi connectivity index (χ3v) is 5.96. The monoisotopic (exact) mass is 519 g/mol. The Kier molecular flexibility index (Phi) is 8.31. The quantitative estimate of drug-likeness (QED) is 0.293. The summed E-state index contributed by atoms with van der Waals surface area (Å²) in [5, 5.41) is 14.6. The molecular formula is C22H18Cl5NO3. The zero-order chi connectivity index (χ0) is 22.5. The SMILES string of the molecule is CCOc1cc(CNc2cc(Cl)c(O)c(Cl)c2)c(Cl)cc1OCc1ccc(Cl)c(Cl)c1. The van der Waals surface area contributed by atoms with E-state index in [0.29, 0.717) is 45.4 Å². The van der Waals surface area contributed by atoms with Gasteiger partial charge in [-0.15, -0.1) is 0 Å². The van der Waals surface area contributed by atoms with Crippen molar-refractivity contribution in [3.63, 3.8) is 0 Å². The molecule has 4 nitrogen and oxygen atoms in total. The summed E-state index contributed by atoms with van der Waals surface area (Å²) in [7, 11) is 0. The van der Waals surface area contributed by atoms with Gasteiger partial charge in [-0.3, -0.25) is 0 Å². The van der Waals surface area contributed by atoms with E-state index in [-0.39, 0.29) is 22.4 Å². The van der Waals surface area contributed by atoms with Crippen molar-refractivity contribution in [2.45, 2.75) is 20.1 Å². The molecule has 3 rings (SSSR count). The number of hydrogen-bond acceptors (Lipinski definition) is 4. The van der Waals surface area contributed by atoms with E-state index >= 15 is 0 Å². The molecule has 0 radical (unpaired) electrons. The zero-order valence-electron chi connectivity index (χ0n) is 16.3. The number of nitrogens with one attached hydrogen (secondary N) is 1. The van der Waals surface area contributed by atoms with Crippen LogP contribution in [-0.2, 0) is 13.2 Å². The van der Waals surface area contributed by atoms with Crippen molar-refractivity contribution in [2.75, 3.05) is 11.9 Å². The molecule has 0 saturated heterocycles. The lowest BCUT2D eigenvalue weighted by Gasteiger charge is -2.16. The molecule has 0 fully saturated rings. The first-order valence-electron chi connectivity index (χ1n) is 9.22. The minimum atomic E-state index is -0.158. The van der Waals surface area contributed by atoms with Gasteiger partial charge in [0.2, 0.25) is 0 Å². The Balaban J connectivity index is 1.77. The van der Waals surface area contributed by atoms with E-state index in [1.165, 1.54) is 0 Å². The summed E-state index contributed by atoms with van der Waals surface area (Å²) in [5.41, 5.74) is 2.29. The third kappa shape index (κ3) is 6.18. The van der Waals surface area contributed by atoms with Crippen LogP contribution in [0.3, 0.4) is 0 Å². The van der Waals surface area contributed by atoms with Crippen molar-refractivity contribution >= 4 is 63.7 Å². The molecule has 164 valence electrons. The second-order valence-electron chi connectivity index (χ2n) is 6.50. The number of aromatic hydroxyl groups is 1. The van der Waals surface area contributed by atoms with E-state index in [9.17, 15) is 5.11 Å². The van der Waals surface area contributed by atoms with E-state index in [1.807, 2.05) is 19.1 Å². The summed E-state index contributed by atoms with van der Waals surface area (Å²) < 4.78 is 11.7. The van der Waals surface area contributed by atoms with Crippen molar-refractivity contribution in [1.29, 1.82) is 0 Å². The van der Waals surface area contributed by atoms with E-state index in [0.717, 1.165) is 11.1 Å². The Hall–Kier alpha value is -1.69. The van der Waals surface area contributed by atoms with E-state index in [1.54, 1.807) is 30.3 Å². The van der Waals surface area contributed by atoms with Crippen LogP contribution in [0.5, 0.6) is 17.2 Å². The van der Waals surface area contributed by atoms with Gasteiger partial charge in [-0.1, -0.05) is 64.1 Å². The molecule has 0 unspecified atom stereocenters. The van der Waals surface area contributed by atoms with Gasteiger partial charge in [-0.25, -0.2) is 0 Å². The molecule has 0 atom stereocenters. The molecule has 2 N–H and O–H groups in total. The van der Waals surface area contributed by atoms with Crippen LogP contribution >= 0.6 is 58.0 Å². The van der Waals surface area contributed by atoms with Crippen LogP contribution in [0.2, 0.25) is 25.1 Å². The molecule has 31 heavy (non-hydrogen) atoms. The minimum absolute atomic E-state index is 0.155. The molecule has 0 aromatic heterocycles. The summed E-state index contributed by atoms with van der Waals surface area (Å²) in [6, 6.07) is 12.0. The normalized spacial score (nSPS) is 10.8. The van der Waals surface area contributed by atoms with Gasteiger partial charge in [0.15, 0.2) is 17.2 Å². The van der Waals surface area contributed by atoms with Gasteiger partial charge in [-0.2, -0.15) is 0 Å². The lowest BCUT2D eigenvalue weighted by Crippen LogP contribution is -2.04. The molecule has 0 heterocycles. The van der Waals surface area contributed by atoms with Crippen LogP contribution in [0.25, 0.3) is 0 Å². The summed E-state index contributed by atoms with van der Waals surface area (Å²) in [5.74, 6) is 0.914. The largest absolute Gasteiger partial charge is 0.505 e. The number of hydrogen-bond donors (Lipinski definition) is 2. The minimum Gasteiger partial charge on any atom is -0.505 e. The number of anilines is 1. The third-order valence-electron chi connectivity index (χ3n) is 4.29. The summed E-state index contributed by atoms with van der Waals surface area (Å²) in [4.78, 5) is 0. The molecule has 0 aliphatic carbocycles. The van der Waals surface area contributed by atoms with Gasteiger partial charge in [0.1, 0.15) is 6.61 Å². The van der Waals surface area contributed by atoms with Crippen molar-refractivity contribution < 1.29 is 14.6 Å². The predicted octanol–water partition coefficient (Wildman–Crippen LogP) is 8.25. The maximum absolute atomic E-state index is 9.69. The van der Waals surface area contributed by atoms with Crippen molar-refractivity contribution in [2.24, 2.45) is 0 Å². The second kappa shape index (κ2) is 10.8. The summed E-state index contributed by atoms with van der Waals surface area (Å²) in [6.45, 7) is 3.00. The van der Waals surface area contributed by atoms with Crippen LogP contribution < -0.4 is 14.8 Å². The summed E-state index contributed by atoms with van der Waals surface area (Å²) in [6.07, 6.45) is 0. The van der Waals surface area contributed by atoms with Gasteiger partial charge in [0, 0.05) is 23.3 Å². The first-order valence-corrected chi connectivity index (χ1v) is 11.1. The molecule has 0 bridgehead atoms. The Morgan fingerprint density at radius 1 is 0.774 bits per heavy atom. The van der Waals surface area contributed by atoms with Crippen LogP contribution in [0, 0.1) is 0 Å². The molecule has 0 amide bonds. The molecule has 0 spiro atoms. The zero-order valence-corrected chi connectivity index (χ0v) is 20.1. The topological polar surface area (TPSA) is 50.7 Å². The van der Waals surface area contributed by atoms with Crippen molar-refractivity contribution in [3.05, 3.63) is 78.7 Å². The summed E-state index contributed by atoms with van der Waals surface area (Å²) >= 11 is 30.4. The molecule has 0 aliphatic rings. The highest BCUT2D eigenvalue weighted by Gasteiger charge is 2.13. The molecule has 3 aromatic carbocycles. The van der Waals surface area contributed by atoms with Gasteiger partial charge in [-0.05, 0) is 48.4 Å². The fourth-order valence-electron chi connectivity index (χ4n) is 2.75. The highest BCUT2D eigenvalue weighted by molar-refractivity contribution is 6.42. The second-order valence-corrected chi connectivity index (χ2v) is 8.54. The smallest absolute Gasteiger partial charge is 0.163 e. The van der Waals surface area contributed by atoms with Crippen LogP contribution in [0.15, 0.2) is 42.5 Å². The fourth-order valence-corrected chi connectivity index (χ4v) is 3.78. The van der Waals surface area contributed by atoms with Gasteiger partial charge in [0.05, 0.1) is 26.7 Å². The molecule has 0 saturated carbocycles. The number of phenolic OH excluding ortho intramolecular Hbond substituents is 1. The lowest BCUT2D eigenvalue weighted by molar-refractivity contribution is 0.269. The Labute approximate surface area is 205 Å². The average Bonchev–Trinajstić information content (AvgIpc) is 2.73. The van der Waals surface area contributed by atoms with Gasteiger partial charge >= 0.3 is 0 Å². The molecule has 0 aliphatic heterocycles. The Morgan fingerprint density at radius 2 is 1.45 bits per heavy atom. The van der Waals surface area contributed by atoms with Gasteiger partial charge < -0.3 is 19.9 Å². The number of rotatable bonds is 8. The number of ether oxygens (including phenoxy) is 2. The van der Waals surface area contributed by atoms with E-state index in [2.05, 4.69) is 5.32 Å². The van der Waals surface area contributed by atoms with Crippen molar-refractivity contribution in [3.8, 4) is 17.2 Å². The maximum Gasteiger partial charge on any atom is 0.163 e. The van der Waals surface area contributed by atoms with Crippen LogP contribution in [-0.4, -0.2) is 11.7 Å².